The van der Waals surface area contributed by atoms with Crippen LogP contribution in [0.1, 0.15) is 34.1 Å². The fourth-order valence-electron chi connectivity index (χ4n) is 6.53. The van der Waals surface area contributed by atoms with Crippen molar-refractivity contribution in [1.29, 1.82) is 0 Å². The van der Waals surface area contributed by atoms with E-state index in [1.54, 1.807) is 13.8 Å². The minimum absolute atomic E-state index is 0.118. The second kappa shape index (κ2) is 9.32. The molecule has 0 amide bonds. The van der Waals surface area contributed by atoms with Gasteiger partial charge in [-0.1, -0.05) is 18.7 Å². The number of carbonyl (C=O) groups excluding carboxylic acids is 4. The summed E-state index contributed by atoms with van der Waals surface area (Å²) in [5.41, 5.74) is -1.12. The van der Waals surface area contributed by atoms with Gasteiger partial charge in [0.25, 0.3) is 0 Å². The second-order valence-electron chi connectivity index (χ2n) is 10.6. The summed E-state index contributed by atoms with van der Waals surface area (Å²) in [6, 6.07) is 0. The number of rotatable bonds is 7. The lowest BCUT2D eigenvalue weighted by molar-refractivity contribution is -0.158. The normalized spacial score (nSPS) is 40.9. The van der Waals surface area contributed by atoms with E-state index in [9.17, 15) is 24.3 Å². The van der Waals surface area contributed by atoms with Crippen molar-refractivity contribution in [3.63, 3.8) is 0 Å². The van der Waals surface area contributed by atoms with Gasteiger partial charge in [0.15, 0.2) is 0 Å². The quantitative estimate of drug-likeness (QED) is 0.216. The average Bonchev–Trinajstić information content (AvgIpc) is 3.74. The van der Waals surface area contributed by atoms with E-state index in [-0.39, 0.29) is 29.7 Å². The summed E-state index contributed by atoms with van der Waals surface area (Å²) in [4.78, 5) is 49.9. The highest BCUT2D eigenvalue weighted by Crippen LogP contribution is 2.68. The van der Waals surface area contributed by atoms with Gasteiger partial charge in [-0.05, 0) is 20.8 Å². The van der Waals surface area contributed by atoms with E-state index in [4.69, 9.17) is 28.4 Å². The van der Waals surface area contributed by atoms with Gasteiger partial charge >= 0.3 is 23.9 Å². The van der Waals surface area contributed by atoms with E-state index in [0.29, 0.717) is 6.61 Å². The summed E-state index contributed by atoms with van der Waals surface area (Å²) in [6.07, 6.45) is 0.454. The van der Waals surface area contributed by atoms with Crippen LogP contribution in [0.5, 0.6) is 0 Å². The van der Waals surface area contributed by atoms with E-state index in [1.807, 2.05) is 6.92 Å². The molecule has 0 bridgehead atoms. The molecule has 3 heterocycles. The average molecular weight is 533 g/mol. The van der Waals surface area contributed by atoms with Gasteiger partial charge in [0.2, 0.25) is 0 Å². The Labute approximate surface area is 219 Å². The first-order valence-electron chi connectivity index (χ1n) is 12.7. The molecule has 0 aromatic heterocycles. The number of carbonyl (C=O) groups is 4. The molecule has 0 aromatic carbocycles. The van der Waals surface area contributed by atoms with Gasteiger partial charge in [-0.3, -0.25) is 4.79 Å². The second-order valence-corrected chi connectivity index (χ2v) is 10.6. The van der Waals surface area contributed by atoms with E-state index < -0.39 is 83.9 Å². The topological polar surface area (TPSA) is 150 Å². The van der Waals surface area contributed by atoms with Crippen molar-refractivity contribution in [2.24, 2.45) is 17.8 Å². The van der Waals surface area contributed by atoms with Crippen LogP contribution in [0.15, 0.2) is 35.5 Å². The third-order valence-corrected chi connectivity index (χ3v) is 8.60. The Bertz CT molecular complexity index is 1150. The van der Waals surface area contributed by atoms with Crippen LogP contribution in [0.4, 0.5) is 0 Å². The smallest absolute Gasteiger partial charge is 0.337 e. The van der Waals surface area contributed by atoms with Crippen LogP contribution in [0.25, 0.3) is 0 Å². The molecule has 11 nitrogen and oxygen atoms in total. The minimum atomic E-state index is -0.840. The summed E-state index contributed by atoms with van der Waals surface area (Å²) in [7, 11) is 0. The third-order valence-electron chi connectivity index (χ3n) is 8.60. The van der Waals surface area contributed by atoms with Crippen molar-refractivity contribution in [3.05, 3.63) is 35.5 Å². The fraction of sp³-hybridized carbons (Fsp3) is 0.630. The lowest BCUT2D eigenvalue weighted by Gasteiger charge is -2.34. The van der Waals surface area contributed by atoms with Gasteiger partial charge in [0, 0.05) is 30.8 Å². The summed E-state index contributed by atoms with van der Waals surface area (Å²) < 4.78 is 34.7. The van der Waals surface area contributed by atoms with Crippen LogP contribution in [0, 0.1) is 17.8 Å². The minimum Gasteiger partial charge on any atom is -0.461 e. The van der Waals surface area contributed by atoms with Crippen molar-refractivity contribution >= 4 is 23.9 Å². The number of allylic oxidation sites excluding steroid dienone is 2. The maximum atomic E-state index is 13.1. The fourth-order valence-corrected chi connectivity index (χ4v) is 6.53. The van der Waals surface area contributed by atoms with Crippen LogP contribution < -0.4 is 0 Å². The molecule has 5 aliphatic rings. The number of epoxide rings is 2. The molecule has 9 atom stereocenters. The number of hydrogen-bond donors (Lipinski definition) is 1. The predicted octanol–water partition coefficient (Wildman–Crippen LogP) is 0.932. The summed E-state index contributed by atoms with van der Waals surface area (Å²) in [6.45, 7) is 9.94. The number of hydrogen-bond acceptors (Lipinski definition) is 11. The van der Waals surface area contributed by atoms with Crippen molar-refractivity contribution in [2.45, 2.75) is 69.7 Å². The van der Waals surface area contributed by atoms with E-state index >= 15 is 0 Å². The summed E-state index contributed by atoms with van der Waals surface area (Å²) >= 11 is 0. The largest absolute Gasteiger partial charge is 0.461 e. The molecule has 1 spiro atoms. The Hall–Kier alpha value is -3.02. The Morgan fingerprint density at radius 2 is 1.79 bits per heavy atom. The van der Waals surface area contributed by atoms with Crippen LogP contribution in [-0.4, -0.2) is 84.4 Å². The molecule has 3 saturated heterocycles. The SMILES string of the molecule is C=C1C(=O)OC2C1C(OC(=O)/C(=C/C)COC(C)=O)CC1(CO1)C1C(OC(=O)/C(=C/C)CO)C3OC3(C)C21. The van der Waals surface area contributed by atoms with E-state index in [2.05, 4.69) is 6.58 Å². The molecular formula is C27H32O11. The first kappa shape index (κ1) is 26.6. The van der Waals surface area contributed by atoms with Crippen molar-refractivity contribution in [1.82, 2.24) is 0 Å². The van der Waals surface area contributed by atoms with E-state index in [0.717, 1.165) is 0 Å². The molecule has 3 aliphatic heterocycles. The molecule has 5 rings (SSSR count). The Kier molecular flexibility index (Phi) is 6.52. The summed E-state index contributed by atoms with van der Waals surface area (Å²) in [5.74, 6) is -3.98. The molecule has 0 aromatic rings. The van der Waals surface area contributed by atoms with Gasteiger partial charge in [-0.25, -0.2) is 14.4 Å². The molecular weight excluding hydrogens is 500 g/mol. The first-order chi connectivity index (χ1) is 18.0. The van der Waals surface area contributed by atoms with Crippen molar-refractivity contribution in [2.75, 3.05) is 19.8 Å². The van der Waals surface area contributed by atoms with Gasteiger partial charge in [-0.2, -0.15) is 0 Å². The molecule has 9 unspecified atom stereocenters. The Morgan fingerprint density at radius 3 is 2.37 bits per heavy atom. The highest BCUT2D eigenvalue weighted by atomic mass is 16.7. The first-order valence-corrected chi connectivity index (χ1v) is 12.7. The molecule has 206 valence electrons. The molecule has 2 aliphatic carbocycles. The number of aliphatic hydroxyl groups is 1. The number of ether oxygens (including phenoxy) is 6. The number of esters is 4. The molecule has 11 heteroatoms. The Balaban J connectivity index is 1.47. The maximum absolute atomic E-state index is 13.1. The lowest BCUT2D eigenvalue weighted by Crippen LogP contribution is -2.45. The number of aliphatic hydroxyl groups excluding tert-OH is 1. The van der Waals surface area contributed by atoms with Crippen LogP contribution >= 0.6 is 0 Å². The zero-order chi connectivity index (χ0) is 27.6. The maximum Gasteiger partial charge on any atom is 0.337 e. The predicted molar refractivity (Wildman–Crippen MR) is 127 cm³/mol. The van der Waals surface area contributed by atoms with Gasteiger partial charge in [-0.15, -0.1) is 0 Å². The van der Waals surface area contributed by atoms with Crippen molar-refractivity contribution in [3.8, 4) is 0 Å². The highest BCUT2D eigenvalue weighted by molar-refractivity contribution is 5.92. The van der Waals surface area contributed by atoms with Gasteiger partial charge in [0.05, 0.1) is 30.3 Å². The number of fused-ring (bicyclic) bond motifs is 6. The molecule has 5 fully saturated rings. The standard InChI is InChI=1S/C27H32O11/c1-6-14(9-28)24(31)37-21-19-18(26(5)22(21)38-26)20-17(12(3)23(30)36-20)16(8-27(19)11-34-27)35-25(32)15(7-2)10-33-13(4)29/h6-7,16-22,28H,3,8-11H2,1-2,4-5H3/b14-6+,15-7+. The monoisotopic (exact) mass is 532 g/mol. The molecule has 38 heavy (non-hydrogen) atoms. The van der Waals surface area contributed by atoms with Gasteiger partial charge in [0.1, 0.15) is 42.2 Å². The lowest BCUT2D eigenvalue weighted by atomic mass is 9.76. The summed E-state index contributed by atoms with van der Waals surface area (Å²) in [5, 5.41) is 9.55. The Morgan fingerprint density at radius 1 is 1.13 bits per heavy atom. The van der Waals surface area contributed by atoms with Crippen LogP contribution in [0.2, 0.25) is 0 Å². The molecule has 1 N–H and O–H groups in total. The van der Waals surface area contributed by atoms with Crippen LogP contribution in [-0.2, 0) is 47.6 Å². The van der Waals surface area contributed by atoms with E-state index in [1.165, 1.54) is 19.1 Å². The molecule has 0 radical (unpaired) electrons. The highest BCUT2D eigenvalue weighted by Gasteiger charge is 2.82. The van der Waals surface area contributed by atoms with Crippen molar-refractivity contribution < 1.29 is 52.7 Å². The van der Waals surface area contributed by atoms with Crippen LogP contribution in [0.3, 0.4) is 0 Å². The molecule has 2 saturated carbocycles. The zero-order valence-electron chi connectivity index (χ0n) is 21.8. The zero-order valence-corrected chi connectivity index (χ0v) is 21.8. The third kappa shape index (κ3) is 4.07. The van der Waals surface area contributed by atoms with Gasteiger partial charge < -0.3 is 33.5 Å².